The molecule has 0 atom stereocenters. The summed E-state index contributed by atoms with van der Waals surface area (Å²) in [6.45, 7) is 3.79. The summed E-state index contributed by atoms with van der Waals surface area (Å²) in [7, 11) is 1.49. The lowest BCUT2D eigenvalue weighted by Crippen LogP contribution is -2.42. The Balaban J connectivity index is 1.49. The van der Waals surface area contributed by atoms with Crippen molar-refractivity contribution in [1.82, 2.24) is 20.6 Å². The van der Waals surface area contributed by atoms with Crippen molar-refractivity contribution in [2.75, 3.05) is 7.11 Å². The maximum Gasteiger partial charge on any atom is 0.290 e. The Morgan fingerprint density at radius 3 is 2.45 bits per heavy atom. The first-order chi connectivity index (χ1) is 15.9. The summed E-state index contributed by atoms with van der Waals surface area (Å²) in [4.78, 5) is 25.4. The molecule has 1 aromatic heterocycles. The largest absolute Gasteiger partial charge is 0.493 e. The number of ether oxygens (including phenoxy) is 2. The van der Waals surface area contributed by atoms with Crippen molar-refractivity contribution in [3.8, 4) is 17.2 Å². The number of nitrogens with zero attached hydrogens (tertiary/aromatic N) is 2. The molecule has 8 nitrogen and oxygen atoms in total. The summed E-state index contributed by atoms with van der Waals surface area (Å²) in [5.74, 6) is -0.432. The third kappa shape index (κ3) is 4.67. The molecule has 0 bridgehead atoms. The van der Waals surface area contributed by atoms with Crippen molar-refractivity contribution in [3.05, 3.63) is 70.8 Å². The van der Waals surface area contributed by atoms with Gasteiger partial charge in [-0.25, -0.2) is 9.07 Å². The third-order valence-electron chi connectivity index (χ3n) is 5.29. The molecule has 172 valence electrons. The van der Waals surface area contributed by atoms with Crippen LogP contribution in [0, 0.1) is 5.82 Å². The summed E-state index contributed by atoms with van der Waals surface area (Å²) < 4.78 is 25.9. The van der Waals surface area contributed by atoms with Gasteiger partial charge < -0.3 is 9.47 Å². The van der Waals surface area contributed by atoms with Gasteiger partial charge in [0.1, 0.15) is 5.82 Å². The summed E-state index contributed by atoms with van der Waals surface area (Å²) >= 11 is 0. The Hall–Kier alpha value is -3.88. The Kier molecular flexibility index (Phi) is 6.30. The second kappa shape index (κ2) is 9.32. The maximum atomic E-state index is 13.3. The monoisotopic (exact) mass is 452 g/mol. The van der Waals surface area contributed by atoms with Crippen LogP contribution in [0.1, 0.15) is 52.4 Å². The predicted octanol–water partition coefficient (Wildman–Crippen LogP) is 3.37. The number of nitrogens with one attached hydrogen (secondary N) is 2. The highest BCUT2D eigenvalue weighted by molar-refractivity contribution is 5.99. The van der Waals surface area contributed by atoms with Gasteiger partial charge in [0.05, 0.1) is 18.9 Å². The number of hydrazine groups is 1. The first-order valence-electron chi connectivity index (χ1n) is 10.7. The topological polar surface area (TPSA) is 94.5 Å². The molecule has 9 heteroatoms. The van der Waals surface area contributed by atoms with Gasteiger partial charge in [0, 0.05) is 16.8 Å². The Labute approximate surface area is 190 Å². The molecule has 2 N–H and O–H groups in total. The lowest BCUT2D eigenvalue weighted by Gasteiger charge is -2.14. The van der Waals surface area contributed by atoms with Crippen LogP contribution in [0.2, 0.25) is 0 Å². The SMILES string of the molecule is COc1cc(C(=O)NNC(=O)c2nn(-c3ccc(F)cc3)c3c2CCC3)ccc1OC(C)C. The fraction of sp³-hybridized carbons (Fsp3) is 0.292. The molecule has 3 aromatic rings. The molecule has 1 aliphatic carbocycles. The number of hydrogen-bond acceptors (Lipinski definition) is 5. The summed E-state index contributed by atoms with van der Waals surface area (Å²) in [6, 6.07) is 10.7. The van der Waals surface area contributed by atoms with Crippen LogP contribution >= 0.6 is 0 Å². The molecule has 4 rings (SSSR count). The fourth-order valence-corrected chi connectivity index (χ4v) is 3.82. The zero-order chi connectivity index (χ0) is 23.5. The van der Waals surface area contributed by atoms with Gasteiger partial charge in [-0.3, -0.25) is 20.4 Å². The van der Waals surface area contributed by atoms with Crippen molar-refractivity contribution in [1.29, 1.82) is 0 Å². The zero-order valence-corrected chi connectivity index (χ0v) is 18.6. The molecule has 33 heavy (non-hydrogen) atoms. The van der Waals surface area contributed by atoms with Crippen LogP contribution < -0.4 is 20.3 Å². The van der Waals surface area contributed by atoms with E-state index in [4.69, 9.17) is 9.47 Å². The highest BCUT2D eigenvalue weighted by atomic mass is 19.1. The Morgan fingerprint density at radius 1 is 1.03 bits per heavy atom. The summed E-state index contributed by atoms with van der Waals surface area (Å²) in [5, 5.41) is 4.44. The highest BCUT2D eigenvalue weighted by Gasteiger charge is 2.27. The van der Waals surface area contributed by atoms with E-state index < -0.39 is 11.8 Å². The first-order valence-corrected chi connectivity index (χ1v) is 10.7. The molecule has 0 aliphatic heterocycles. The van der Waals surface area contributed by atoms with E-state index in [0.29, 0.717) is 29.2 Å². The van der Waals surface area contributed by atoms with E-state index in [0.717, 1.165) is 24.1 Å². The number of fused-ring (bicyclic) bond motifs is 1. The van der Waals surface area contributed by atoms with E-state index in [-0.39, 0.29) is 17.6 Å². The van der Waals surface area contributed by atoms with Gasteiger partial charge in [0.15, 0.2) is 17.2 Å². The zero-order valence-electron chi connectivity index (χ0n) is 18.6. The summed E-state index contributed by atoms with van der Waals surface area (Å²) in [6.07, 6.45) is 2.33. The molecule has 0 radical (unpaired) electrons. The molecule has 1 aliphatic rings. The number of carbonyl (C=O) groups is 2. The van der Waals surface area contributed by atoms with Crippen LogP contribution in [0.25, 0.3) is 5.69 Å². The third-order valence-corrected chi connectivity index (χ3v) is 5.29. The van der Waals surface area contributed by atoms with Crippen LogP contribution in [0.4, 0.5) is 4.39 Å². The number of hydrogen-bond donors (Lipinski definition) is 2. The smallest absolute Gasteiger partial charge is 0.290 e. The average Bonchev–Trinajstić information content (AvgIpc) is 3.41. The normalized spacial score (nSPS) is 12.4. The molecule has 2 amide bonds. The van der Waals surface area contributed by atoms with Gasteiger partial charge >= 0.3 is 0 Å². The second-order valence-electron chi connectivity index (χ2n) is 7.96. The molecular weight excluding hydrogens is 427 g/mol. The van der Waals surface area contributed by atoms with E-state index in [1.165, 1.54) is 19.2 Å². The average molecular weight is 452 g/mol. The van der Waals surface area contributed by atoms with Crippen molar-refractivity contribution >= 4 is 11.8 Å². The number of benzene rings is 2. The number of halogens is 1. The van der Waals surface area contributed by atoms with E-state index in [2.05, 4.69) is 16.0 Å². The number of carbonyl (C=O) groups excluding carboxylic acids is 2. The van der Waals surface area contributed by atoms with Crippen molar-refractivity contribution in [2.24, 2.45) is 0 Å². The standard InChI is InChI=1S/C24H25FN4O4/c1-14(2)33-20-12-7-15(13-21(20)32-3)23(30)26-27-24(31)22-18-5-4-6-19(18)29(28-22)17-10-8-16(25)9-11-17/h7-14H,4-6H2,1-3H3,(H,26,30)(H,27,31). The van der Waals surface area contributed by atoms with Crippen LogP contribution in [0.3, 0.4) is 0 Å². The van der Waals surface area contributed by atoms with Gasteiger partial charge in [-0.05, 0) is 75.6 Å². The quantitative estimate of drug-likeness (QED) is 0.560. The van der Waals surface area contributed by atoms with E-state index >= 15 is 0 Å². The number of rotatable bonds is 6. The first kappa shape index (κ1) is 22.3. The van der Waals surface area contributed by atoms with Crippen molar-refractivity contribution < 1.29 is 23.5 Å². The Morgan fingerprint density at radius 2 is 1.76 bits per heavy atom. The molecule has 0 unspecified atom stereocenters. The minimum atomic E-state index is -0.519. The fourth-order valence-electron chi connectivity index (χ4n) is 3.82. The lowest BCUT2D eigenvalue weighted by atomic mass is 10.2. The molecule has 0 spiro atoms. The van der Waals surface area contributed by atoms with Gasteiger partial charge in [-0.2, -0.15) is 5.10 Å². The molecule has 1 heterocycles. The van der Waals surface area contributed by atoms with Gasteiger partial charge in [0.25, 0.3) is 11.8 Å². The van der Waals surface area contributed by atoms with E-state index in [9.17, 15) is 14.0 Å². The molecule has 0 saturated carbocycles. The molecule has 2 aromatic carbocycles. The van der Waals surface area contributed by atoms with Gasteiger partial charge in [0.2, 0.25) is 0 Å². The van der Waals surface area contributed by atoms with E-state index in [1.807, 2.05) is 13.8 Å². The maximum absolute atomic E-state index is 13.3. The van der Waals surface area contributed by atoms with Crippen molar-refractivity contribution in [3.63, 3.8) is 0 Å². The van der Waals surface area contributed by atoms with Gasteiger partial charge in [-0.1, -0.05) is 0 Å². The minimum absolute atomic E-state index is 0.0469. The van der Waals surface area contributed by atoms with Crippen molar-refractivity contribution in [2.45, 2.75) is 39.2 Å². The molecular formula is C24H25FN4O4. The highest BCUT2D eigenvalue weighted by Crippen LogP contribution is 2.29. The minimum Gasteiger partial charge on any atom is -0.493 e. The van der Waals surface area contributed by atoms with Crippen LogP contribution in [0.5, 0.6) is 11.5 Å². The number of aromatic nitrogens is 2. The second-order valence-corrected chi connectivity index (χ2v) is 7.96. The van der Waals surface area contributed by atoms with Crippen LogP contribution in [-0.2, 0) is 12.8 Å². The predicted molar refractivity (Wildman–Crippen MR) is 119 cm³/mol. The number of methoxy groups -OCH3 is 1. The van der Waals surface area contributed by atoms with Gasteiger partial charge in [-0.15, -0.1) is 0 Å². The van der Waals surface area contributed by atoms with E-state index in [1.54, 1.807) is 35.0 Å². The summed E-state index contributed by atoms with van der Waals surface area (Å²) in [5.41, 5.74) is 7.83. The molecule has 0 saturated heterocycles. The van der Waals surface area contributed by atoms with Crippen LogP contribution in [0.15, 0.2) is 42.5 Å². The number of amides is 2. The molecule has 0 fully saturated rings. The van der Waals surface area contributed by atoms with Crippen LogP contribution in [-0.4, -0.2) is 34.8 Å². The Bertz CT molecular complexity index is 1190. The lowest BCUT2D eigenvalue weighted by molar-refractivity contribution is 0.0843.